The average Bonchev–Trinajstić information content (AvgIpc) is 2.76. The van der Waals surface area contributed by atoms with E-state index < -0.39 is 0 Å². The van der Waals surface area contributed by atoms with Crippen molar-refractivity contribution in [3.63, 3.8) is 0 Å². The highest BCUT2D eigenvalue weighted by molar-refractivity contribution is 5.44. The van der Waals surface area contributed by atoms with Gasteiger partial charge >= 0.3 is 0 Å². The van der Waals surface area contributed by atoms with E-state index in [2.05, 4.69) is 29.3 Å². The molecule has 1 N–H and O–H groups in total. The third-order valence-electron chi connectivity index (χ3n) is 3.71. The average molecular weight is 217 g/mol. The molecule has 1 fully saturated rings. The molecule has 1 unspecified atom stereocenters. The smallest absolute Gasteiger partial charge is 0.129 e. The lowest BCUT2D eigenvalue weighted by molar-refractivity contribution is 0.497. The van der Waals surface area contributed by atoms with Crippen LogP contribution >= 0.6 is 0 Å². The molecule has 86 valence electrons. The van der Waals surface area contributed by atoms with Crippen molar-refractivity contribution in [2.45, 2.75) is 32.2 Å². The first-order chi connectivity index (χ1) is 7.84. The van der Waals surface area contributed by atoms with Gasteiger partial charge in [-0.3, -0.25) is 0 Å². The summed E-state index contributed by atoms with van der Waals surface area (Å²) in [5.74, 6) is 1.18. The van der Waals surface area contributed by atoms with Gasteiger partial charge in [0.05, 0.1) is 0 Å². The first-order valence-electron chi connectivity index (χ1n) is 6.31. The van der Waals surface area contributed by atoms with Gasteiger partial charge in [0, 0.05) is 31.4 Å². The lowest BCUT2D eigenvalue weighted by atomic mass is 10.2. The summed E-state index contributed by atoms with van der Waals surface area (Å²) in [6, 6.07) is 5.03. The highest BCUT2D eigenvalue weighted by atomic mass is 15.3. The van der Waals surface area contributed by atoms with E-state index in [9.17, 15) is 0 Å². The van der Waals surface area contributed by atoms with Gasteiger partial charge in [0.15, 0.2) is 0 Å². The molecule has 1 atom stereocenters. The largest absolute Gasteiger partial charge is 0.351 e. The molecule has 0 spiro atoms. The zero-order valence-electron chi connectivity index (χ0n) is 9.87. The Morgan fingerprint density at radius 1 is 1.38 bits per heavy atom. The Kier molecular flexibility index (Phi) is 2.56. The zero-order valence-corrected chi connectivity index (χ0v) is 9.87. The summed E-state index contributed by atoms with van der Waals surface area (Å²) in [6.07, 6.45) is 3.67. The molecule has 16 heavy (non-hydrogen) atoms. The maximum Gasteiger partial charge on any atom is 0.129 e. The van der Waals surface area contributed by atoms with E-state index in [1.165, 1.54) is 36.3 Å². The molecule has 1 aliphatic heterocycles. The number of nitrogens with zero attached hydrogens (tertiary/aromatic N) is 2. The van der Waals surface area contributed by atoms with Gasteiger partial charge in [-0.05, 0) is 37.8 Å². The molecule has 2 aliphatic rings. The van der Waals surface area contributed by atoms with Gasteiger partial charge in [-0.1, -0.05) is 6.07 Å². The Bertz CT molecular complexity index is 389. The first kappa shape index (κ1) is 10.1. The summed E-state index contributed by atoms with van der Waals surface area (Å²) in [7, 11) is 0. The first-order valence-corrected chi connectivity index (χ1v) is 6.31. The molecular formula is C13H19N3. The van der Waals surface area contributed by atoms with Crippen molar-refractivity contribution in [1.29, 1.82) is 0 Å². The summed E-state index contributed by atoms with van der Waals surface area (Å²) in [5, 5.41) is 3.42. The van der Waals surface area contributed by atoms with E-state index >= 15 is 0 Å². The van der Waals surface area contributed by atoms with Crippen molar-refractivity contribution < 1.29 is 0 Å². The monoisotopic (exact) mass is 217 g/mol. The number of aromatic nitrogens is 1. The van der Waals surface area contributed by atoms with Gasteiger partial charge in [0.2, 0.25) is 0 Å². The summed E-state index contributed by atoms with van der Waals surface area (Å²) >= 11 is 0. The van der Waals surface area contributed by atoms with Crippen LogP contribution in [0.3, 0.4) is 0 Å². The number of rotatable bonds is 1. The zero-order chi connectivity index (χ0) is 11.0. The molecule has 3 heteroatoms. The Hall–Kier alpha value is -1.09. The van der Waals surface area contributed by atoms with Crippen molar-refractivity contribution in [3.05, 3.63) is 23.4 Å². The fraction of sp³-hybridized carbons (Fsp3) is 0.615. The van der Waals surface area contributed by atoms with Gasteiger partial charge < -0.3 is 10.2 Å². The Morgan fingerprint density at radius 3 is 3.19 bits per heavy atom. The molecule has 0 amide bonds. The predicted octanol–water partition coefficient (Wildman–Crippen LogP) is 1.37. The molecule has 2 heterocycles. The molecule has 1 aromatic heterocycles. The van der Waals surface area contributed by atoms with Crippen LogP contribution in [0.2, 0.25) is 0 Å². The lowest BCUT2D eigenvalue weighted by Gasteiger charge is -2.35. The van der Waals surface area contributed by atoms with Crippen molar-refractivity contribution in [1.82, 2.24) is 10.3 Å². The highest BCUT2D eigenvalue weighted by Crippen LogP contribution is 2.24. The number of pyridine rings is 1. The van der Waals surface area contributed by atoms with Crippen molar-refractivity contribution in [3.8, 4) is 0 Å². The summed E-state index contributed by atoms with van der Waals surface area (Å²) in [4.78, 5) is 7.25. The fourth-order valence-corrected chi connectivity index (χ4v) is 2.75. The van der Waals surface area contributed by atoms with Crippen molar-refractivity contribution in [2.24, 2.45) is 0 Å². The van der Waals surface area contributed by atoms with Crippen LogP contribution in [0.5, 0.6) is 0 Å². The molecule has 1 aliphatic carbocycles. The quantitative estimate of drug-likeness (QED) is 0.770. The van der Waals surface area contributed by atoms with Crippen LogP contribution in [-0.2, 0) is 12.8 Å². The standard InChI is InChI=1S/C13H19N3/c1-10-9-14-7-8-16(10)13-6-5-11-3-2-4-12(11)15-13/h5-6,10,14H,2-4,7-9H2,1H3. The number of aryl methyl sites for hydroxylation is 2. The van der Waals surface area contributed by atoms with Crippen LogP contribution in [0, 0.1) is 0 Å². The minimum atomic E-state index is 0.556. The van der Waals surface area contributed by atoms with Crippen LogP contribution in [0.4, 0.5) is 5.82 Å². The molecule has 1 saturated heterocycles. The molecule has 1 aromatic rings. The van der Waals surface area contributed by atoms with Crippen LogP contribution in [0.25, 0.3) is 0 Å². The van der Waals surface area contributed by atoms with E-state index in [-0.39, 0.29) is 0 Å². The molecule has 0 radical (unpaired) electrons. The van der Waals surface area contributed by atoms with Gasteiger partial charge in [-0.15, -0.1) is 0 Å². The number of anilines is 1. The van der Waals surface area contributed by atoms with E-state index in [4.69, 9.17) is 4.98 Å². The molecule has 3 rings (SSSR count). The predicted molar refractivity (Wildman–Crippen MR) is 65.9 cm³/mol. The molecular weight excluding hydrogens is 198 g/mol. The lowest BCUT2D eigenvalue weighted by Crippen LogP contribution is -2.50. The number of piperazine rings is 1. The Labute approximate surface area is 96.9 Å². The van der Waals surface area contributed by atoms with Crippen LogP contribution in [0.15, 0.2) is 12.1 Å². The SMILES string of the molecule is CC1CNCCN1c1ccc2c(n1)CCC2. The molecule has 0 aromatic carbocycles. The Balaban J connectivity index is 1.88. The summed E-state index contributed by atoms with van der Waals surface area (Å²) in [6.45, 7) is 5.48. The van der Waals surface area contributed by atoms with Crippen LogP contribution < -0.4 is 10.2 Å². The summed E-state index contributed by atoms with van der Waals surface area (Å²) < 4.78 is 0. The topological polar surface area (TPSA) is 28.2 Å². The second-order valence-electron chi connectivity index (χ2n) is 4.88. The number of fused-ring (bicyclic) bond motifs is 1. The van der Waals surface area contributed by atoms with E-state index in [0.717, 1.165) is 19.6 Å². The molecule has 0 saturated carbocycles. The summed E-state index contributed by atoms with van der Waals surface area (Å²) in [5.41, 5.74) is 2.80. The third kappa shape index (κ3) is 1.69. The highest BCUT2D eigenvalue weighted by Gasteiger charge is 2.21. The van der Waals surface area contributed by atoms with E-state index in [0.29, 0.717) is 6.04 Å². The van der Waals surface area contributed by atoms with Gasteiger partial charge in [0.25, 0.3) is 0 Å². The van der Waals surface area contributed by atoms with E-state index in [1.807, 2.05) is 0 Å². The minimum Gasteiger partial charge on any atom is -0.351 e. The Morgan fingerprint density at radius 2 is 2.31 bits per heavy atom. The third-order valence-corrected chi connectivity index (χ3v) is 3.71. The number of hydrogen-bond acceptors (Lipinski definition) is 3. The van der Waals surface area contributed by atoms with Gasteiger partial charge in [0.1, 0.15) is 5.82 Å². The van der Waals surface area contributed by atoms with Crippen LogP contribution in [-0.4, -0.2) is 30.7 Å². The maximum atomic E-state index is 4.83. The normalized spacial score (nSPS) is 24.6. The van der Waals surface area contributed by atoms with E-state index in [1.54, 1.807) is 0 Å². The molecule has 0 bridgehead atoms. The van der Waals surface area contributed by atoms with Crippen LogP contribution in [0.1, 0.15) is 24.6 Å². The van der Waals surface area contributed by atoms with Gasteiger partial charge in [-0.2, -0.15) is 0 Å². The fourth-order valence-electron chi connectivity index (χ4n) is 2.75. The second-order valence-corrected chi connectivity index (χ2v) is 4.88. The molecule has 3 nitrogen and oxygen atoms in total. The van der Waals surface area contributed by atoms with Gasteiger partial charge in [-0.25, -0.2) is 4.98 Å². The number of nitrogens with one attached hydrogen (secondary N) is 1. The maximum absolute atomic E-state index is 4.83. The van der Waals surface area contributed by atoms with Crippen molar-refractivity contribution in [2.75, 3.05) is 24.5 Å². The number of hydrogen-bond donors (Lipinski definition) is 1. The minimum absolute atomic E-state index is 0.556. The van der Waals surface area contributed by atoms with Crippen molar-refractivity contribution >= 4 is 5.82 Å². The second kappa shape index (κ2) is 4.06.